The van der Waals surface area contributed by atoms with Gasteiger partial charge in [0, 0.05) is 36.9 Å². The average molecular weight is 363 g/mol. The van der Waals surface area contributed by atoms with E-state index in [0.717, 1.165) is 43.7 Å². The lowest BCUT2D eigenvalue weighted by atomic mass is 10.2. The van der Waals surface area contributed by atoms with Gasteiger partial charge in [0.15, 0.2) is 0 Å². The SMILES string of the molecule is O=C(CN(Cc1ccccc1)C1CC1)Nc1cccc(N2CCCC2=O)c1. The number of amides is 2. The number of hydrogen-bond acceptors (Lipinski definition) is 3. The number of carbonyl (C=O) groups excluding carboxylic acids is 2. The molecule has 4 rings (SSSR count). The monoisotopic (exact) mass is 363 g/mol. The van der Waals surface area contributed by atoms with E-state index < -0.39 is 0 Å². The second-order valence-electron chi connectivity index (χ2n) is 7.37. The second-order valence-corrected chi connectivity index (χ2v) is 7.37. The van der Waals surface area contributed by atoms with Crippen molar-refractivity contribution in [2.45, 2.75) is 38.3 Å². The number of carbonyl (C=O) groups is 2. The van der Waals surface area contributed by atoms with Gasteiger partial charge in [-0.2, -0.15) is 0 Å². The Morgan fingerprint density at radius 2 is 1.93 bits per heavy atom. The Balaban J connectivity index is 1.39. The summed E-state index contributed by atoms with van der Waals surface area (Å²) < 4.78 is 0. The Morgan fingerprint density at radius 1 is 1.11 bits per heavy atom. The van der Waals surface area contributed by atoms with Gasteiger partial charge in [0.25, 0.3) is 0 Å². The molecule has 140 valence electrons. The van der Waals surface area contributed by atoms with Crippen LogP contribution in [0, 0.1) is 0 Å². The quantitative estimate of drug-likeness (QED) is 0.820. The number of nitrogens with one attached hydrogen (secondary N) is 1. The molecule has 2 aromatic rings. The summed E-state index contributed by atoms with van der Waals surface area (Å²) in [7, 11) is 0. The Kier molecular flexibility index (Phi) is 5.21. The standard InChI is InChI=1S/C22H25N3O2/c26-21(16-24(19-11-12-19)15-17-6-2-1-3-7-17)23-18-8-4-9-20(14-18)25-13-5-10-22(25)27/h1-4,6-9,14,19H,5,10-13,15-16H2,(H,23,26). The summed E-state index contributed by atoms with van der Waals surface area (Å²) >= 11 is 0. The molecular weight excluding hydrogens is 338 g/mol. The topological polar surface area (TPSA) is 52.7 Å². The van der Waals surface area contributed by atoms with E-state index in [1.807, 2.05) is 42.5 Å². The molecule has 1 N–H and O–H groups in total. The summed E-state index contributed by atoms with van der Waals surface area (Å²) in [6.45, 7) is 1.93. The molecule has 2 amide bonds. The second kappa shape index (κ2) is 7.92. The van der Waals surface area contributed by atoms with E-state index in [0.29, 0.717) is 19.0 Å². The first-order valence-corrected chi connectivity index (χ1v) is 9.67. The van der Waals surface area contributed by atoms with Crippen LogP contribution >= 0.6 is 0 Å². The lowest BCUT2D eigenvalue weighted by Gasteiger charge is -2.22. The highest BCUT2D eigenvalue weighted by Gasteiger charge is 2.30. The van der Waals surface area contributed by atoms with Crippen LogP contribution in [0.25, 0.3) is 0 Å². The molecule has 2 aromatic carbocycles. The molecule has 1 saturated carbocycles. The first-order valence-electron chi connectivity index (χ1n) is 9.67. The zero-order valence-corrected chi connectivity index (χ0v) is 15.4. The van der Waals surface area contributed by atoms with Crippen molar-refractivity contribution in [3.05, 3.63) is 60.2 Å². The number of rotatable bonds is 7. The van der Waals surface area contributed by atoms with Crippen molar-refractivity contribution in [2.75, 3.05) is 23.3 Å². The summed E-state index contributed by atoms with van der Waals surface area (Å²) in [5.41, 5.74) is 2.83. The van der Waals surface area contributed by atoms with Gasteiger partial charge in [0.05, 0.1) is 6.54 Å². The maximum atomic E-state index is 12.6. The van der Waals surface area contributed by atoms with Crippen LogP contribution in [0.15, 0.2) is 54.6 Å². The van der Waals surface area contributed by atoms with E-state index in [2.05, 4.69) is 22.3 Å². The number of anilines is 2. The van der Waals surface area contributed by atoms with E-state index >= 15 is 0 Å². The van der Waals surface area contributed by atoms with Crippen LogP contribution in [0.2, 0.25) is 0 Å². The molecule has 1 heterocycles. The zero-order chi connectivity index (χ0) is 18.6. The van der Waals surface area contributed by atoms with Gasteiger partial charge in [-0.1, -0.05) is 36.4 Å². The van der Waals surface area contributed by atoms with Crippen molar-refractivity contribution in [3.63, 3.8) is 0 Å². The van der Waals surface area contributed by atoms with Crippen LogP contribution in [-0.4, -0.2) is 35.8 Å². The molecule has 0 aromatic heterocycles. The molecule has 1 aliphatic heterocycles. The smallest absolute Gasteiger partial charge is 0.238 e. The first-order chi connectivity index (χ1) is 13.2. The van der Waals surface area contributed by atoms with E-state index in [1.54, 1.807) is 4.90 Å². The molecule has 2 fully saturated rings. The maximum Gasteiger partial charge on any atom is 0.238 e. The first kappa shape index (κ1) is 17.7. The van der Waals surface area contributed by atoms with Gasteiger partial charge in [-0.25, -0.2) is 0 Å². The predicted octanol–water partition coefficient (Wildman–Crippen LogP) is 3.42. The van der Waals surface area contributed by atoms with E-state index in [9.17, 15) is 9.59 Å². The van der Waals surface area contributed by atoms with Crippen LogP contribution in [0.4, 0.5) is 11.4 Å². The van der Waals surface area contributed by atoms with Crippen LogP contribution in [0.1, 0.15) is 31.2 Å². The maximum absolute atomic E-state index is 12.6. The van der Waals surface area contributed by atoms with E-state index in [1.165, 1.54) is 5.56 Å². The summed E-state index contributed by atoms with van der Waals surface area (Å²) in [4.78, 5) is 28.6. The Bertz CT molecular complexity index is 817. The van der Waals surface area contributed by atoms with Gasteiger partial charge < -0.3 is 10.2 Å². The molecule has 0 spiro atoms. The van der Waals surface area contributed by atoms with Crippen LogP contribution in [0.3, 0.4) is 0 Å². The van der Waals surface area contributed by atoms with Crippen molar-refractivity contribution in [1.29, 1.82) is 0 Å². The highest BCUT2D eigenvalue weighted by Crippen LogP contribution is 2.28. The fourth-order valence-electron chi connectivity index (χ4n) is 3.63. The molecule has 27 heavy (non-hydrogen) atoms. The van der Waals surface area contributed by atoms with Gasteiger partial charge >= 0.3 is 0 Å². The van der Waals surface area contributed by atoms with Crippen molar-refractivity contribution >= 4 is 23.2 Å². The number of nitrogens with zero attached hydrogens (tertiary/aromatic N) is 2. The summed E-state index contributed by atoms with van der Waals surface area (Å²) in [5.74, 6) is 0.143. The predicted molar refractivity (Wildman–Crippen MR) is 107 cm³/mol. The van der Waals surface area contributed by atoms with Crippen molar-refractivity contribution in [1.82, 2.24) is 4.90 Å². The normalized spacial score (nSPS) is 16.8. The lowest BCUT2D eigenvalue weighted by Crippen LogP contribution is -2.34. The van der Waals surface area contributed by atoms with Gasteiger partial charge in [-0.15, -0.1) is 0 Å². The molecule has 2 aliphatic rings. The molecule has 5 heteroatoms. The summed E-state index contributed by atoms with van der Waals surface area (Å²) in [6, 6.07) is 18.4. The summed E-state index contributed by atoms with van der Waals surface area (Å²) in [6.07, 6.45) is 3.82. The summed E-state index contributed by atoms with van der Waals surface area (Å²) in [5, 5.41) is 3.00. The molecule has 1 saturated heterocycles. The minimum absolute atomic E-state index is 0.0114. The molecular formula is C22H25N3O2. The lowest BCUT2D eigenvalue weighted by molar-refractivity contribution is -0.118. The molecule has 5 nitrogen and oxygen atoms in total. The molecule has 0 radical (unpaired) electrons. The third kappa shape index (κ3) is 4.55. The Hall–Kier alpha value is -2.66. The van der Waals surface area contributed by atoms with Crippen molar-refractivity contribution in [2.24, 2.45) is 0 Å². The fourth-order valence-corrected chi connectivity index (χ4v) is 3.63. The highest BCUT2D eigenvalue weighted by molar-refractivity contribution is 5.97. The van der Waals surface area contributed by atoms with Crippen molar-refractivity contribution < 1.29 is 9.59 Å². The van der Waals surface area contributed by atoms with Crippen LogP contribution in [-0.2, 0) is 16.1 Å². The van der Waals surface area contributed by atoms with Crippen LogP contribution < -0.4 is 10.2 Å². The zero-order valence-electron chi connectivity index (χ0n) is 15.4. The Morgan fingerprint density at radius 3 is 2.63 bits per heavy atom. The average Bonchev–Trinajstić information content (AvgIpc) is 3.43. The van der Waals surface area contributed by atoms with Gasteiger partial charge in [0.1, 0.15) is 0 Å². The van der Waals surface area contributed by atoms with E-state index in [4.69, 9.17) is 0 Å². The molecule has 0 atom stereocenters. The van der Waals surface area contributed by atoms with Crippen LogP contribution in [0.5, 0.6) is 0 Å². The third-order valence-corrected chi connectivity index (χ3v) is 5.15. The molecule has 0 unspecified atom stereocenters. The fraction of sp³-hybridized carbons (Fsp3) is 0.364. The Labute approximate surface area is 160 Å². The third-order valence-electron chi connectivity index (χ3n) is 5.15. The highest BCUT2D eigenvalue weighted by atomic mass is 16.2. The molecule has 0 bridgehead atoms. The molecule has 1 aliphatic carbocycles. The largest absolute Gasteiger partial charge is 0.325 e. The van der Waals surface area contributed by atoms with Gasteiger partial charge in [-0.3, -0.25) is 14.5 Å². The van der Waals surface area contributed by atoms with Gasteiger partial charge in [0.2, 0.25) is 11.8 Å². The minimum Gasteiger partial charge on any atom is -0.325 e. The van der Waals surface area contributed by atoms with E-state index in [-0.39, 0.29) is 11.8 Å². The minimum atomic E-state index is -0.0114. The van der Waals surface area contributed by atoms with Gasteiger partial charge in [-0.05, 0) is 43.0 Å². The number of benzene rings is 2. The van der Waals surface area contributed by atoms with Crippen molar-refractivity contribution in [3.8, 4) is 0 Å². The number of hydrogen-bond donors (Lipinski definition) is 1.